The van der Waals surface area contributed by atoms with E-state index in [1.807, 2.05) is 6.92 Å². The number of rotatable bonds is 3. The molecule has 1 aromatic heterocycles. The van der Waals surface area contributed by atoms with Gasteiger partial charge in [-0.2, -0.15) is 13.2 Å². The number of halogens is 3. The van der Waals surface area contributed by atoms with Crippen molar-refractivity contribution < 1.29 is 23.0 Å². The van der Waals surface area contributed by atoms with Gasteiger partial charge < -0.3 is 9.84 Å². The highest BCUT2D eigenvalue weighted by atomic mass is 19.4. The molecule has 1 aromatic rings. The fourth-order valence-electron chi connectivity index (χ4n) is 0.906. The van der Waals surface area contributed by atoms with Crippen LogP contribution in [0.25, 0.3) is 0 Å². The summed E-state index contributed by atoms with van der Waals surface area (Å²) >= 11 is 0. The van der Waals surface area contributed by atoms with Crippen LogP contribution in [0.1, 0.15) is 18.9 Å². The SMILES string of the molecule is CCCOc1ncc(C(F)(F)F)cc1O. The van der Waals surface area contributed by atoms with Crippen LogP contribution >= 0.6 is 0 Å². The second-order valence-corrected chi connectivity index (χ2v) is 2.89. The first-order chi connectivity index (χ1) is 6.95. The van der Waals surface area contributed by atoms with Crippen molar-refractivity contribution in [2.75, 3.05) is 6.61 Å². The van der Waals surface area contributed by atoms with E-state index in [0.717, 1.165) is 0 Å². The van der Waals surface area contributed by atoms with E-state index in [2.05, 4.69) is 4.98 Å². The van der Waals surface area contributed by atoms with Crippen LogP contribution in [-0.4, -0.2) is 16.7 Å². The minimum atomic E-state index is -4.51. The summed E-state index contributed by atoms with van der Waals surface area (Å²) in [6.07, 6.45) is -3.19. The van der Waals surface area contributed by atoms with E-state index in [-0.39, 0.29) is 5.88 Å². The maximum atomic E-state index is 12.2. The summed E-state index contributed by atoms with van der Waals surface area (Å²) < 4.78 is 41.4. The lowest BCUT2D eigenvalue weighted by molar-refractivity contribution is -0.138. The van der Waals surface area contributed by atoms with Crippen LogP contribution in [-0.2, 0) is 6.18 Å². The van der Waals surface area contributed by atoms with Gasteiger partial charge in [0.2, 0.25) is 0 Å². The Hall–Kier alpha value is -1.46. The molecule has 1 rings (SSSR count). The smallest absolute Gasteiger partial charge is 0.418 e. The molecule has 15 heavy (non-hydrogen) atoms. The zero-order valence-corrected chi connectivity index (χ0v) is 8.01. The Morgan fingerprint density at radius 2 is 2.13 bits per heavy atom. The van der Waals surface area contributed by atoms with Crippen LogP contribution in [0.5, 0.6) is 11.6 Å². The van der Waals surface area contributed by atoms with Crippen molar-refractivity contribution in [3.63, 3.8) is 0 Å². The van der Waals surface area contributed by atoms with Gasteiger partial charge in [-0.05, 0) is 12.5 Å². The summed E-state index contributed by atoms with van der Waals surface area (Å²) in [7, 11) is 0. The second kappa shape index (κ2) is 4.37. The van der Waals surface area contributed by atoms with Crippen LogP contribution in [0, 0.1) is 0 Å². The number of aromatic hydroxyl groups is 1. The number of ether oxygens (including phenoxy) is 1. The Labute approximate surface area is 84.5 Å². The third-order valence-electron chi connectivity index (χ3n) is 1.60. The molecule has 6 heteroatoms. The van der Waals surface area contributed by atoms with Crippen molar-refractivity contribution in [1.82, 2.24) is 4.98 Å². The lowest BCUT2D eigenvalue weighted by Gasteiger charge is -2.09. The van der Waals surface area contributed by atoms with Crippen LogP contribution in [0.4, 0.5) is 13.2 Å². The number of pyridine rings is 1. The minimum Gasteiger partial charge on any atom is -0.503 e. The first kappa shape index (κ1) is 11.6. The number of aromatic nitrogens is 1. The summed E-state index contributed by atoms with van der Waals surface area (Å²) in [6.45, 7) is 2.13. The number of hydrogen-bond acceptors (Lipinski definition) is 3. The van der Waals surface area contributed by atoms with Gasteiger partial charge in [-0.3, -0.25) is 0 Å². The van der Waals surface area contributed by atoms with Gasteiger partial charge in [0.25, 0.3) is 5.88 Å². The average Bonchev–Trinajstić information content (AvgIpc) is 2.14. The minimum absolute atomic E-state index is 0.176. The molecule has 0 aliphatic rings. The summed E-state index contributed by atoms with van der Waals surface area (Å²) in [4.78, 5) is 3.39. The standard InChI is InChI=1S/C9H10F3NO2/c1-2-3-15-8-7(14)4-6(5-13-8)9(10,11)12/h4-5,14H,2-3H2,1H3. The van der Waals surface area contributed by atoms with E-state index in [4.69, 9.17) is 4.74 Å². The predicted octanol–water partition coefficient (Wildman–Crippen LogP) is 2.59. The molecule has 0 amide bonds. The molecule has 0 saturated heterocycles. The van der Waals surface area contributed by atoms with E-state index in [1.165, 1.54) is 0 Å². The first-order valence-electron chi connectivity index (χ1n) is 4.34. The van der Waals surface area contributed by atoms with Crippen LogP contribution in [0.2, 0.25) is 0 Å². The molecule has 84 valence electrons. The Morgan fingerprint density at radius 3 is 2.60 bits per heavy atom. The van der Waals surface area contributed by atoms with Gasteiger partial charge in [0.05, 0.1) is 12.2 Å². The summed E-state index contributed by atoms with van der Waals surface area (Å²) in [5.41, 5.74) is -0.996. The maximum absolute atomic E-state index is 12.2. The molecule has 0 atom stereocenters. The van der Waals surface area contributed by atoms with Gasteiger partial charge in [-0.1, -0.05) is 6.92 Å². The Morgan fingerprint density at radius 1 is 1.47 bits per heavy atom. The van der Waals surface area contributed by atoms with Crippen molar-refractivity contribution in [1.29, 1.82) is 0 Å². The second-order valence-electron chi connectivity index (χ2n) is 2.89. The fraction of sp³-hybridized carbons (Fsp3) is 0.444. The van der Waals surface area contributed by atoms with Crippen LogP contribution in [0.15, 0.2) is 12.3 Å². The third-order valence-corrected chi connectivity index (χ3v) is 1.60. The monoisotopic (exact) mass is 221 g/mol. The Balaban J connectivity index is 2.88. The molecule has 1 N–H and O–H groups in total. The molecule has 0 saturated carbocycles. The maximum Gasteiger partial charge on any atom is 0.418 e. The largest absolute Gasteiger partial charge is 0.503 e. The zero-order chi connectivity index (χ0) is 11.5. The van der Waals surface area contributed by atoms with E-state index in [1.54, 1.807) is 0 Å². The highest BCUT2D eigenvalue weighted by molar-refractivity contribution is 5.35. The Kier molecular flexibility index (Phi) is 3.39. The summed E-state index contributed by atoms with van der Waals surface area (Å²) in [5.74, 6) is -0.775. The first-order valence-corrected chi connectivity index (χ1v) is 4.34. The van der Waals surface area contributed by atoms with Crippen LogP contribution in [0.3, 0.4) is 0 Å². The van der Waals surface area contributed by atoms with Gasteiger partial charge >= 0.3 is 6.18 Å². The van der Waals surface area contributed by atoms with Gasteiger partial charge in [-0.25, -0.2) is 4.98 Å². The van der Waals surface area contributed by atoms with E-state index >= 15 is 0 Å². The van der Waals surface area contributed by atoms with Crippen molar-refractivity contribution in [2.45, 2.75) is 19.5 Å². The van der Waals surface area contributed by atoms with E-state index in [0.29, 0.717) is 25.3 Å². The third kappa shape index (κ3) is 3.00. The fourth-order valence-corrected chi connectivity index (χ4v) is 0.906. The molecule has 1 heterocycles. The normalized spacial score (nSPS) is 11.5. The number of nitrogens with zero attached hydrogens (tertiary/aromatic N) is 1. The average molecular weight is 221 g/mol. The van der Waals surface area contributed by atoms with Crippen LogP contribution < -0.4 is 4.74 Å². The van der Waals surface area contributed by atoms with Gasteiger partial charge in [0.15, 0.2) is 5.75 Å². The van der Waals surface area contributed by atoms with Crippen molar-refractivity contribution >= 4 is 0 Å². The molecule has 0 radical (unpaired) electrons. The Bertz CT molecular complexity index is 339. The van der Waals surface area contributed by atoms with Crippen molar-refractivity contribution in [3.8, 4) is 11.6 Å². The molecule has 0 bridgehead atoms. The molecule has 0 aliphatic heterocycles. The van der Waals surface area contributed by atoms with Gasteiger partial charge in [0.1, 0.15) is 0 Å². The van der Waals surface area contributed by atoms with Gasteiger partial charge in [0, 0.05) is 6.20 Å². The quantitative estimate of drug-likeness (QED) is 0.852. The molecule has 0 spiro atoms. The van der Waals surface area contributed by atoms with Crippen molar-refractivity contribution in [2.24, 2.45) is 0 Å². The molecule has 0 fully saturated rings. The zero-order valence-electron chi connectivity index (χ0n) is 8.01. The highest BCUT2D eigenvalue weighted by Crippen LogP contribution is 2.33. The van der Waals surface area contributed by atoms with E-state index < -0.39 is 17.5 Å². The van der Waals surface area contributed by atoms with Gasteiger partial charge in [-0.15, -0.1) is 0 Å². The number of hydrogen-bond donors (Lipinski definition) is 1. The molecule has 0 aliphatic carbocycles. The highest BCUT2D eigenvalue weighted by Gasteiger charge is 2.31. The predicted molar refractivity (Wildman–Crippen MR) is 46.7 cm³/mol. The van der Waals surface area contributed by atoms with E-state index in [9.17, 15) is 18.3 Å². The molecular weight excluding hydrogens is 211 g/mol. The molecular formula is C9H10F3NO2. The summed E-state index contributed by atoms with van der Waals surface area (Å²) in [6, 6.07) is 0.595. The molecule has 0 aromatic carbocycles. The lowest BCUT2D eigenvalue weighted by Crippen LogP contribution is -2.06. The lowest BCUT2D eigenvalue weighted by atomic mass is 10.2. The van der Waals surface area contributed by atoms with Crippen molar-refractivity contribution in [3.05, 3.63) is 17.8 Å². The summed E-state index contributed by atoms with van der Waals surface area (Å²) in [5, 5.41) is 9.19. The molecule has 0 unspecified atom stereocenters. The topological polar surface area (TPSA) is 42.4 Å². The number of alkyl halides is 3. The molecule has 3 nitrogen and oxygen atoms in total.